The zero-order chi connectivity index (χ0) is 19.1. The lowest BCUT2D eigenvalue weighted by Gasteiger charge is -2.03. The third-order valence-corrected chi connectivity index (χ3v) is 5.14. The van der Waals surface area contributed by atoms with Gasteiger partial charge in [0.15, 0.2) is 0 Å². The first-order valence-electron chi connectivity index (χ1n) is 11.6. The van der Waals surface area contributed by atoms with Crippen molar-refractivity contribution in [3.63, 3.8) is 0 Å². The van der Waals surface area contributed by atoms with E-state index >= 15 is 0 Å². The Kier molecular flexibility index (Phi) is 21.6. The van der Waals surface area contributed by atoms with Crippen LogP contribution in [0.5, 0.6) is 0 Å². The molecule has 0 spiro atoms. The summed E-state index contributed by atoms with van der Waals surface area (Å²) in [6.07, 6.45) is 29.7. The third-order valence-electron chi connectivity index (χ3n) is 5.14. The highest BCUT2D eigenvalue weighted by molar-refractivity contribution is 5.63. The number of carboxylic acids is 1. The van der Waals surface area contributed by atoms with Crippen LogP contribution in [-0.2, 0) is 4.79 Å². The molecule has 0 N–H and O–H groups in total. The quantitative estimate of drug-likeness (QED) is 0.160. The number of carbonyl (C=O) groups is 1. The molecule has 154 valence electrons. The Bertz CT molecular complexity index is 309. The van der Waals surface area contributed by atoms with Gasteiger partial charge in [-0.2, -0.15) is 0 Å². The first kappa shape index (κ1) is 25.2. The summed E-state index contributed by atoms with van der Waals surface area (Å²) < 4.78 is 0. The lowest BCUT2D eigenvalue weighted by molar-refractivity contribution is -0.305. The average molecular weight is 366 g/mol. The van der Waals surface area contributed by atoms with Gasteiger partial charge in [-0.25, -0.2) is 0 Å². The molecule has 0 aliphatic rings. The lowest BCUT2D eigenvalue weighted by Crippen LogP contribution is -2.21. The highest BCUT2D eigenvalue weighted by atomic mass is 16.4. The van der Waals surface area contributed by atoms with Gasteiger partial charge in [0.1, 0.15) is 0 Å². The van der Waals surface area contributed by atoms with Crippen molar-refractivity contribution < 1.29 is 9.90 Å². The maximum absolute atomic E-state index is 10.3. The number of unbranched alkanes of at least 4 members (excludes halogenated alkanes) is 17. The van der Waals surface area contributed by atoms with Gasteiger partial charge in [0.05, 0.1) is 0 Å². The van der Waals surface area contributed by atoms with Gasteiger partial charge in [-0.1, -0.05) is 109 Å². The predicted octanol–water partition coefficient (Wildman–Crippen LogP) is 7.11. The molecule has 0 aromatic heterocycles. The van der Waals surface area contributed by atoms with Gasteiger partial charge >= 0.3 is 0 Å². The van der Waals surface area contributed by atoms with Crippen molar-refractivity contribution >= 4 is 5.97 Å². The monoisotopic (exact) mass is 365 g/mol. The van der Waals surface area contributed by atoms with Crippen molar-refractivity contribution in [2.75, 3.05) is 0 Å². The minimum Gasteiger partial charge on any atom is -0.550 e. The number of hydrogen-bond donors (Lipinski definition) is 0. The fourth-order valence-corrected chi connectivity index (χ4v) is 3.40. The van der Waals surface area contributed by atoms with Crippen LogP contribution in [0, 0.1) is 0 Å². The summed E-state index contributed by atoms with van der Waals surface area (Å²) in [5, 5.41) is 10.3. The Balaban J connectivity index is 3.06. The van der Waals surface area contributed by atoms with Crippen molar-refractivity contribution in [3.8, 4) is 0 Å². The molecule has 0 radical (unpaired) electrons. The minimum atomic E-state index is -0.904. The minimum absolute atomic E-state index is 0.230. The number of aliphatic carboxylic acids is 1. The summed E-state index contributed by atoms with van der Waals surface area (Å²) >= 11 is 0. The van der Waals surface area contributed by atoms with E-state index in [1.165, 1.54) is 109 Å². The topological polar surface area (TPSA) is 40.1 Å². The maximum Gasteiger partial charge on any atom is 0.0414 e. The van der Waals surface area contributed by atoms with Gasteiger partial charge in [-0.3, -0.25) is 0 Å². The smallest absolute Gasteiger partial charge is 0.0414 e. The van der Waals surface area contributed by atoms with E-state index in [2.05, 4.69) is 19.1 Å². The molecular formula is C24H45O2-. The molecule has 0 aromatic carbocycles. The lowest BCUT2D eigenvalue weighted by atomic mass is 10.0. The SMILES string of the molecule is CCCCCCCC/C=C/CCCCCCCCCCCCCC(=O)[O-]. The highest BCUT2D eigenvalue weighted by Gasteiger charge is 1.94. The van der Waals surface area contributed by atoms with E-state index in [4.69, 9.17) is 0 Å². The van der Waals surface area contributed by atoms with Crippen molar-refractivity contribution in [1.29, 1.82) is 0 Å². The standard InChI is InChI=1S/C24H46O2/c1-2-3-4-5-6-7-8-9-10-11-12-13-14-15-16-17-18-19-20-21-22-23-24(25)26/h9-10H,2-8,11-23H2,1H3,(H,25,26)/p-1/b10-9+. The van der Waals surface area contributed by atoms with E-state index < -0.39 is 5.97 Å². The Morgan fingerprint density at radius 1 is 0.577 bits per heavy atom. The molecule has 0 aliphatic carbocycles. The van der Waals surface area contributed by atoms with Crippen molar-refractivity contribution in [2.45, 2.75) is 135 Å². The summed E-state index contributed by atoms with van der Waals surface area (Å²) in [6.45, 7) is 2.27. The van der Waals surface area contributed by atoms with E-state index in [9.17, 15) is 9.90 Å². The Hall–Kier alpha value is -0.790. The van der Waals surface area contributed by atoms with E-state index in [0.29, 0.717) is 0 Å². The van der Waals surface area contributed by atoms with Gasteiger partial charge in [0, 0.05) is 5.97 Å². The molecule has 2 heteroatoms. The number of rotatable bonds is 21. The molecule has 0 saturated heterocycles. The summed E-state index contributed by atoms with van der Waals surface area (Å²) in [5.74, 6) is -0.904. The molecule has 0 bridgehead atoms. The van der Waals surface area contributed by atoms with Crippen molar-refractivity contribution in [1.82, 2.24) is 0 Å². The van der Waals surface area contributed by atoms with Gasteiger partial charge < -0.3 is 9.90 Å². The normalized spacial score (nSPS) is 11.4. The number of carboxylic acid groups (broad SMARTS) is 1. The molecule has 0 unspecified atom stereocenters. The number of allylic oxidation sites excluding steroid dienone is 2. The van der Waals surface area contributed by atoms with E-state index in [-0.39, 0.29) is 6.42 Å². The highest BCUT2D eigenvalue weighted by Crippen LogP contribution is 2.13. The molecule has 0 aliphatic heterocycles. The molecular weight excluding hydrogens is 320 g/mol. The van der Waals surface area contributed by atoms with Crippen LogP contribution in [0.4, 0.5) is 0 Å². The number of hydrogen-bond acceptors (Lipinski definition) is 2. The zero-order valence-electron chi connectivity index (χ0n) is 17.6. The van der Waals surface area contributed by atoms with Crippen LogP contribution in [-0.4, -0.2) is 5.97 Å². The van der Waals surface area contributed by atoms with Crippen molar-refractivity contribution in [2.24, 2.45) is 0 Å². The maximum atomic E-state index is 10.3. The van der Waals surface area contributed by atoms with Crippen LogP contribution >= 0.6 is 0 Å². The number of carbonyl (C=O) groups excluding carboxylic acids is 1. The van der Waals surface area contributed by atoms with Crippen LogP contribution in [0.2, 0.25) is 0 Å². The second-order valence-corrected chi connectivity index (χ2v) is 7.83. The van der Waals surface area contributed by atoms with Gasteiger partial charge in [0.2, 0.25) is 0 Å². The summed E-state index contributed by atoms with van der Waals surface area (Å²) in [6, 6.07) is 0. The Labute approximate surface area is 163 Å². The summed E-state index contributed by atoms with van der Waals surface area (Å²) in [5.41, 5.74) is 0. The van der Waals surface area contributed by atoms with Gasteiger partial charge in [-0.15, -0.1) is 0 Å². The third kappa shape index (κ3) is 23.2. The van der Waals surface area contributed by atoms with E-state index in [1.807, 2.05) is 0 Å². The van der Waals surface area contributed by atoms with Crippen LogP contribution in [0.15, 0.2) is 12.2 Å². The molecule has 2 nitrogen and oxygen atoms in total. The van der Waals surface area contributed by atoms with Crippen LogP contribution in [0.3, 0.4) is 0 Å². The van der Waals surface area contributed by atoms with Crippen LogP contribution < -0.4 is 5.11 Å². The molecule has 26 heavy (non-hydrogen) atoms. The molecule has 0 rings (SSSR count). The first-order chi connectivity index (χ1) is 12.8. The Morgan fingerprint density at radius 3 is 1.31 bits per heavy atom. The average Bonchev–Trinajstić information content (AvgIpc) is 2.62. The molecule has 0 saturated carbocycles. The second-order valence-electron chi connectivity index (χ2n) is 7.83. The molecule has 0 atom stereocenters. The van der Waals surface area contributed by atoms with Gasteiger partial charge in [-0.05, 0) is 38.5 Å². The van der Waals surface area contributed by atoms with Crippen LogP contribution in [0.25, 0.3) is 0 Å². The Morgan fingerprint density at radius 2 is 0.923 bits per heavy atom. The fourth-order valence-electron chi connectivity index (χ4n) is 3.40. The molecule has 0 heterocycles. The molecule has 0 amide bonds. The summed E-state index contributed by atoms with van der Waals surface area (Å²) in [4.78, 5) is 10.3. The van der Waals surface area contributed by atoms with E-state index in [0.717, 1.165) is 12.8 Å². The first-order valence-corrected chi connectivity index (χ1v) is 11.6. The van der Waals surface area contributed by atoms with Gasteiger partial charge in [0.25, 0.3) is 0 Å². The van der Waals surface area contributed by atoms with Crippen molar-refractivity contribution in [3.05, 3.63) is 12.2 Å². The predicted molar refractivity (Wildman–Crippen MR) is 112 cm³/mol. The fraction of sp³-hybridized carbons (Fsp3) is 0.875. The van der Waals surface area contributed by atoms with Crippen LogP contribution in [0.1, 0.15) is 135 Å². The molecule has 0 fully saturated rings. The van der Waals surface area contributed by atoms with E-state index in [1.54, 1.807) is 0 Å². The largest absolute Gasteiger partial charge is 0.550 e. The summed E-state index contributed by atoms with van der Waals surface area (Å²) in [7, 11) is 0. The zero-order valence-corrected chi connectivity index (χ0v) is 17.6. The second kappa shape index (κ2) is 22.3. The molecule has 0 aromatic rings.